The molecule has 0 saturated heterocycles. The van der Waals surface area contributed by atoms with Gasteiger partial charge in [-0.3, -0.25) is 37.3 Å². The van der Waals surface area contributed by atoms with Gasteiger partial charge in [-0.2, -0.15) is 0 Å². The van der Waals surface area contributed by atoms with Gasteiger partial charge in [0.2, 0.25) is 0 Å². The van der Waals surface area contributed by atoms with Crippen LogP contribution in [0.2, 0.25) is 0 Å². The van der Waals surface area contributed by atoms with E-state index in [-0.39, 0.29) is 25.7 Å². The summed E-state index contributed by atoms with van der Waals surface area (Å²) in [4.78, 5) is 72.5. The van der Waals surface area contributed by atoms with Crippen molar-refractivity contribution in [1.82, 2.24) is 0 Å². The van der Waals surface area contributed by atoms with E-state index >= 15 is 0 Å². The van der Waals surface area contributed by atoms with Crippen LogP contribution in [0.3, 0.4) is 0 Å². The van der Waals surface area contributed by atoms with Gasteiger partial charge in [-0.1, -0.05) is 330 Å². The Morgan fingerprint density at radius 2 is 0.548 bits per heavy atom. The fraction of sp³-hybridized carbons (Fsp3) is 0.946. The highest BCUT2D eigenvalue weighted by Gasteiger charge is 2.30. The van der Waals surface area contributed by atoms with E-state index in [0.29, 0.717) is 25.7 Å². The summed E-state index contributed by atoms with van der Waals surface area (Å²) in [6, 6.07) is 0. The Bertz CT molecular complexity index is 1810. The summed E-state index contributed by atoms with van der Waals surface area (Å²) in [5.41, 5.74) is 0. The second kappa shape index (κ2) is 66.0. The third-order valence-corrected chi connectivity index (χ3v) is 19.5. The van der Waals surface area contributed by atoms with Crippen molar-refractivity contribution in [2.24, 2.45) is 11.8 Å². The highest BCUT2D eigenvalue weighted by Crippen LogP contribution is 2.45. The first kappa shape index (κ1) is 91.1. The molecule has 0 saturated carbocycles. The van der Waals surface area contributed by atoms with Crippen LogP contribution < -0.4 is 0 Å². The summed E-state index contributed by atoms with van der Waals surface area (Å²) < 4.78 is 68.3. The Labute approximate surface area is 568 Å². The van der Waals surface area contributed by atoms with E-state index in [1.165, 1.54) is 186 Å². The molecule has 0 aromatic rings. The zero-order valence-corrected chi connectivity index (χ0v) is 62.3. The van der Waals surface area contributed by atoms with Crippen LogP contribution in [0.25, 0.3) is 0 Å². The summed E-state index contributed by atoms with van der Waals surface area (Å²) >= 11 is 0. The summed E-state index contributed by atoms with van der Waals surface area (Å²) in [6.45, 7) is 9.48. The van der Waals surface area contributed by atoms with Crippen molar-refractivity contribution >= 4 is 39.5 Å². The fourth-order valence-electron chi connectivity index (χ4n) is 11.3. The lowest BCUT2D eigenvalue weighted by atomic mass is 10.00. The van der Waals surface area contributed by atoms with E-state index < -0.39 is 97.5 Å². The minimum Gasteiger partial charge on any atom is -0.462 e. The number of carbonyl (C=O) groups excluding carboxylic acids is 4. The van der Waals surface area contributed by atoms with Crippen molar-refractivity contribution in [3.05, 3.63) is 0 Å². The number of esters is 4. The predicted molar refractivity (Wildman–Crippen MR) is 377 cm³/mol. The van der Waals surface area contributed by atoms with Crippen LogP contribution in [0.5, 0.6) is 0 Å². The molecular weight excluding hydrogens is 1220 g/mol. The summed E-state index contributed by atoms with van der Waals surface area (Å²) in [7, 11) is -9.90. The minimum absolute atomic E-state index is 0.103. The van der Waals surface area contributed by atoms with Gasteiger partial charge in [0.15, 0.2) is 12.2 Å². The minimum atomic E-state index is -4.95. The van der Waals surface area contributed by atoms with Crippen molar-refractivity contribution in [2.45, 2.75) is 400 Å². The molecule has 3 unspecified atom stereocenters. The third kappa shape index (κ3) is 67.0. The lowest BCUT2D eigenvalue weighted by molar-refractivity contribution is -0.161. The average molecular weight is 1370 g/mol. The van der Waals surface area contributed by atoms with Crippen LogP contribution in [-0.2, 0) is 65.4 Å². The molecule has 0 aliphatic rings. The number of phosphoric ester groups is 2. The number of hydrogen-bond acceptors (Lipinski definition) is 15. The van der Waals surface area contributed by atoms with Crippen molar-refractivity contribution < 1.29 is 80.2 Å². The lowest BCUT2D eigenvalue weighted by Gasteiger charge is -2.21. The number of carbonyl (C=O) groups is 4. The van der Waals surface area contributed by atoms with E-state index in [2.05, 4.69) is 41.5 Å². The molecule has 0 heterocycles. The van der Waals surface area contributed by atoms with E-state index in [9.17, 15) is 43.2 Å². The Morgan fingerprint density at radius 1 is 0.312 bits per heavy atom. The van der Waals surface area contributed by atoms with Crippen LogP contribution in [0.1, 0.15) is 382 Å². The number of rotatable bonds is 73. The van der Waals surface area contributed by atoms with E-state index in [4.69, 9.17) is 37.0 Å². The molecule has 0 aliphatic heterocycles. The monoisotopic (exact) mass is 1370 g/mol. The number of phosphoric acid groups is 2. The van der Waals surface area contributed by atoms with Crippen molar-refractivity contribution in [2.75, 3.05) is 39.6 Å². The normalized spacial score (nSPS) is 14.3. The number of unbranched alkanes of at least 4 members (excludes halogenated alkanes) is 42. The first-order chi connectivity index (χ1) is 44.9. The fourth-order valence-corrected chi connectivity index (χ4v) is 12.8. The Morgan fingerprint density at radius 3 is 0.817 bits per heavy atom. The number of aliphatic hydroxyl groups is 1. The summed E-state index contributed by atoms with van der Waals surface area (Å²) in [5.74, 6) is -0.637. The largest absolute Gasteiger partial charge is 0.472 e. The molecule has 0 spiro atoms. The molecule has 0 radical (unpaired) electrons. The molecule has 552 valence electrons. The molecule has 0 fully saturated rings. The summed E-state index contributed by atoms with van der Waals surface area (Å²) in [5, 5.41) is 10.6. The molecule has 17 nitrogen and oxygen atoms in total. The maximum absolute atomic E-state index is 13.1. The van der Waals surface area contributed by atoms with Crippen molar-refractivity contribution in [1.29, 1.82) is 0 Å². The Hall–Kier alpha value is -1.94. The van der Waals surface area contributed by atoms with Gasteiger partial charge in [0, 0.05) is 25.7 Å². The zero-order valence-electron chi connectivity index (χ0n) is 60.6. The van der Waals surface area contributed by atoms with Gasteiger partial charge in [0.25, 0.3) is 0 Å². The van der Waals surface area contributed by atoms with Crippen LogP contribution in [-0.4, -0.2) is 96.7 Å². The second-order valence-electron chi connectivity index (χ2n) is 27.4. The van der Waals surface area contributed by atoms with Gasteiger partial charge in [0.05, 0.1) is 26.4 Å². The second-order valence-corrected chi connectivity index (χ2v) is 30.3. The smallest absolute Gasteiger partial charge is 0.462 e. The van der Waals surface area contributed by atoms with E-state index in [0.717, 1.165) is 115 Å². The van der Waals surface area contributed by atoms with Crippen molar-refractivity contribution in [3.63, 3.8) is 0 Å². The molecule has 0 amide bonds. The highest BCUT2D eigenvalue weighted by atomic mass is 31.2. The van der Waals surface area contributed by atoms with Crippen molar-refractivity contribution in [3.8, 4) is 0 Å². The van der Waals surface area contributed by atoms with Crippen LogP contribution >= 0.6 is 15.6 Å². The lowest BCUT2D eigenvalue weighted by Crippen LogP contribution is -2.30. The quantitative estimate of drug-likeness (QED) is 0.0222. The van der Waals surface area contributed by atoms with Gasteiger partial charge in [0.1, 0.15) is 19.3 Å². The predicted octanol–water partition coefficient (Wildman–Crippen LogP) is 21.6. The SMILES string of the molecule is CCCCCCCCCCCCCCCCCCCCCCCCC(=O)O[C@H](COC(=O)CCCCCCCCCCCCCC(C)C)COP(=O)(O)OC[C@@H](O)COP(=O)(O)OC[C@@H](COC(=O)CCCCCCCCC)OC(=O)CCCCCCCCC(C)CC. The first-order valence-electron chi connectivity index (χ1n) is 38.5. The van der Waals surface area contributed by atoms with Gasteiger partial charge in [-0.15, -0.1) is 0 Å². The molecule has 0 aliphatic carbocycles. The van der Waals surface area contributed by atoms with Gasteiger partial charge >= 0.3 is 39.5 Å². The molecule has 19 heteroatoms. The summed E-state index contributed by atoms with van der Waals surface area (Å²) in [6.07, 6.45) is 53.1. The molecule has 0 aromatic carbocycles. The van der Waals surface area contributed by atoms with E-state index in [1.807, 2.05) is 0 Å². The molecule has 0 aromatic heterocycles. The topological polar surface area (TPSA) is 237 Å². The van der Waals surface area contributed by atoms with Gasteiger partial charge in [-0.25, -0.2) is 9.13 Å². The van der Waals surface area contributed by atoms with E-state index in [1.54, 1.807) is 0 Å². The van der Waals surface area contributed by atoms with Crippen LogP contribution in [0.4, 0.5) is 0 Å². The maximum Gasteiger partial charge on any atom is 0.472 e. The highest BCUT2D eigenvalue weighted by molar-refractivity contribution is 7.47. The maximum atomic E-state index is 13.1. The molecule has 93 heavy (non-hydrogen) atoms. The first-order valence-corrected chi connectivity index (χ1v) is 41.5. The third-order valence-electron chi connectivity index (χ3n) is 17.6. The number of ether oxygens (including phenoxy) is 4. The number of hydrogen-bond donors (Lipinski definition) is 3. The van der Waals surface area contributed by atoms with Gasteiger partial charge in [-0.05, 0) is 37.5 Å². The molecule has 3 N–H and O–H groups in total. The Balaban J connectivity index is 5.14. The standard InChI is InChI=1S/C74H144O17P2/c1-7-10-12-14-16-17-18-19-20-21-22-23-24-25-26-27-28-31-35-39-46-52-58-73(78)90-69(63-85-72(77)57-51-45-38-34-32-29-30-33-37-42-48-54-66(4)5)64-88-92(80,81)86-60-68(75)61-87-93(82,83)89-65-70(62-84-71(76)56-50-44-36-15-13-11-8-2)91-74(79)59-53-47-41-40-43-49-55-67(6)9-3/h66-70,75H,7-65H2,1-6H3,(H,80,81)(H,82,83)/t67?,68-,69-,70-/m1/s1. The molecule has 0 rings (SSSR count). The average Bonchev–Trinajstić information content (AvgIpc) is 2.67. The molecule has 0 bridgehead atoms. The van der Waals surface area contributed by atoms with Crippen LogP contribution in [0, 0.1) is 11.8 Å². The number of aliphatic hydroxyl groups excluding tert-OH is 1. The van der Waals surface area contributed by atoms with Crippen LogP contribution in [0.15, 0.2) is 0 Å². The molecule has 6 atom stereocenters. The molecular formula is C74H144O17P2. The zero-order chi connectivity index (χ0) is 68.6. The Kier molecular flexibility index (Phi) is 64.6. The van der Waals surface area contributed by atoms with Gasteiger partial charge < -0.3 is 33.8 Å².